The monoisotopic (exact) mass is 347 g/mol. The summed E-state index contributed by atoms with van der Waals surface area (Å²) < 4.78 is 1.15. The maximum Gasteiger partial charge on any atom is 0.0416 e. The molecule has 0 aliphatic carbocycles. The smallest absolute Gasteiger partial charge is 0.0416 e. The minimum absolute atomic E-state index is 0.910. The van der Waals surface area contributed by atoms with Gasteiger partial charge in [0.05, 0.1) is 0 Å². The van der Waals surface area contributed by atoms with Crippen molar-refractivity contribution in [1.82, 2.24) is 0 Å². The maximum atomic E-state index is 3.54. The number of rotatable bonds is 6. The van der Waals surface area contributed by atoms with E-state index in [4.69, 9.17) is 0 Å². The van der Waals surface area contributed by atoms with E-state index in [0.717, 1.165) is 16.3 Å². The van der Waals surface area contributed by atoms with Gasteiger partial charge in [-0.15, -0.1) is 0 Å². The highest BCUT2D eigenvalue weighted by atomic mass is 79.9. The molecular weight excluding hydrogens is 330 g/mol. The number of hydrogen-bond acceptors (Lipinski definition) is 1. The van der Waals surface area contributed by atoms with Gasteiger partial charge in [0, 0.05) is 29.1 Å². The molecule has 3 heteroatoms. The van der Waals surface area contributed by atoms with Crippen molar-refractivity contribution < 1.29 is 0 Å². The summed E-state index contributed by atoms with van der Waals surface area (Å²) in [4.78, 5) is 2.34. The third-order valence-corrected chi connectivity index (χ3v) is 3.80. The molecule has 0 fully saturated rings. The Hall–Kier alpha value is -0.0200. The molecule has 0 saturated carbocycles. The summed E-state index contributed by atoms with van der Waals surface area (Å²) in [6.45, 7) is 3.37. The van der Waals surface area contributed by atoms with Gasteiger partial charge in [-0.1, -0.05) is 57.7 Å². The Kier molecular flexibility index (Phi) is 6.44. The fourth-order valence-corrected chi connectivity index (χ4v) is 2.55. The summed E-state index contributed by atoms with van der Waals surface area (Å²) in [5.74, 6) is 0. The van der Waals surface area contributed by atoms with E-state index in [1.165, 1.54) is 30.5 Å². The second kappa shape index (κ2) is 7.33. The molecule has 1 rings (SSSR count). The van der Waals surface area contributed by atoms with Crippen molar-refractivity contribution in [2.24, 2.45) is 0 Å². The van der Waals surface area contributed by atoms with Crippen LogP contribution in [0.3, 0.4) is 0 Å². The van der Waals surface area contributed by atoms with Crippen LogP contribution in [0.5, 0.6) is 0 Å². The Labute approximate surface area is 115 Å². The molecule has 0 unspecified atom stereocenters. The zero-order chi connectivity index (χ0) is 12.0. The highest BCUT2D eigenvalue weighted by molar-refractivity contribution is 9.10. The largest absolute Gasteiger partial charge is 0.374 e. The number of hydrogen-bond donors (Lipinski definition) is 0. The van der Waals surface area contributed by atoms with Crippen molar-refractivity contribution in [3.8, 4) is 0 Å². The molecule has 0 atom stereocenters. The van der Waals surface area contributed by atoms with E-state index in [9.17, 15) is 0 Å². The first kappa shape index (κ1) is 14.0. The second-order valence-corrected chi connectivity index (χ2v) is 5.51. The Bertz CT molecular complexity index is 326. The predicted molar refractivity (Wildman–Crippen MR) is 79.6 cm³/mol. The Balaban J connectivity index is 2.72. The van der Waals surface area contributed by atoms with Crippen LogP contribution in [-0.2, 0) is 5.33 Å². The molecule has 0 bridgehead atoms. The van der Waals surface area contributed by atoms with Crippen LogP contribution in [0.2, 0.25) is 0 Å². The lowest BCUT2D eigenvalue weighted by Crippen LogP contribution is -2.19. The van der Waals surface area contributed by atoms with E-state index in [0.29, 0.717) is 0 Å². The molecule has 0 saturated heterocycles. The molecule has 0 heterocycles. The molecule has 0 aliphatic heterocycles. The van der Waals surface area contributed by atoms with E-state index < -0.39 is 0 Å². The molecular formula is C13H19Br2N. The molecule has 0 spiro atoms. The summed E-state index contributed by atoms with van der Waals surface area (Å²) in [5, 5.41) is 0.910. The van der Waals surface area contributed by atoms with Crippen LogP contribution in [0.25, 0.3) is 0 Å². The van der Waals surface area contributed by atoms with Gasteiger partial charge in [-0.3, -0.25) is 0 Å². The molecule has 0 aliphatic rings. The molecule has 16 heavy (non-hydrogen) atoms. The highest BCUT2D eigenvalue weighted by Crippen LogP contribution is 2.26. The van der Waals surface area contributed by atoms with Gasteiger partial charge in [-0.25, -0.2) is 0 Å². The number of alkyl halides is 1. The molecule has 0 N–H and O–H groups in total. The number of anilines is 1. The number of nitrogens with zero attached hydrogens (tertiary/aromatic N) is 1. The molecule has 1 aromatic carbocycles. The summed E-state index contributed by atoms with van der Waals surface area (Å²) in [7, 11) is 2.17. The molecule has 90 valence electrons. The Morgan fingerprint density at radius 1 is 1.25 bits per heavy atom. The van der Waals surface area contributed by atoms with Crippen LogP contribution in [0, 0.1) is 0 Å². The highest BCUT2D eigenvalue weighted by Gasteiger charge is 2.06. The van der Waals surface area contributed by atoms with Gasteiger partial charge >= 0.3 is 0 Å². The van der Waals surface area contributed by atoms with Crippen LogP contribution in [-0.4, -0.2) is 13.6 Å². The van der Waals surface area contributed by atoms with Gasteiger partial charge < -0.3 is 4.90 Å². The maximum absolute atomic E-state index is 3.54. The fourth-order valence-electron chi connectivity index (χ4n) is 1.72. The predicted octanol–water partition coefficient (Wildman–Crippen LogP) is 4.97. The number of halogens is 2. The lowest BCUT2D eigenvalue weighted by Gasteiger charge is -2.22. The van der Waals surface area contributed by atoms with Crippen LogP contribution in [0.15, 0.2) is 22.7 Å². The van der Waals surface area contributed by atoms with Gasteiger partial charge in [-0.2, -0.15) is 0 Å². The first-order valence-corrected chi connectivity index (χ1v) is 7.66. The summed E-state index contributed by atoms with van der Waals surface area (Å²) in [6, 6.07) is 6.47. The van der Waals surface area contributed by atoms with Crippen LogP contribution < -0.4 is 4.90 Å². The fraction of sp³-hybridized carbons (Fsp3) is 0.538. The summed E-state index contributed by atoms with van der Waals surface area (Å²) in [5.41, 5.74) is 2.67. The standard InChI is InChI=1S/C13H19Br2N/c1-3-4-5-8-16(2)13-9-12(15)7-6-11(13)10-14/h6-7,9H,3-5,8,10H2,1-2H3. The lowest BCUT2D eigenvalue weighted by atomic mass is 10.1. The molecule has 0 aromatic heterocycles. The SMILES string of the molecule is CCCCCN(C)c1cc(Br)ccc1CBr. The Morgan fingerprint density at radius 2 is 2.00 bits per heavy atom. The number of benzene rings is 1. The molecule has 0 radical (unpaired) electrons. The van der Waals surface area contributed by atoms with Crippen LogP contribution >= 0.6 is 31.9 Å². The van der Waals surface area contributed by atoms with Crippen LogP contribution in [0.4, 0.5) is 5.69 Å². The Morgan fingerprint density at radius 3 is 2.62 bits per heavy atom. The molecule has 1 aromatic rings. The first-order chi connectivity index (χ1) is 7.69. The second-order valence-electron chi connectivity index (χ2n) is 4.04. The van der Waals surface area contributed by atoms with Crippen molar-refractivity contribution in [3.05, 3.63) is 28.2 Å². The lowest BCUT2D eigenvalue weighted by molar-refractivity contribution is 0.704. The van der Waals surface area contributed by atoms with E-state index in [1.54, 1.807) is 0 Å². The minimum atomic E-state index is 0.910. The zero-order valence-electron chi connectivity index (χ0n) is 9.97. The van der Waals surface area contributed by atoms with Gasteiger partial charge in [-0.05, 0) is 24.1 Å². The van der Waals surface area contributed by atoms with Gasteiger partial charge in [0.15, 0.2) is 0 Å². The number of unbranched alkanes of at least 4 members (excludes halogenated alkanes) is 2. The minimum Gasteiger partial charge on any atom is -0.374 e. The third kappa shape index (κ3) is 4.10. The van der Waals surface area contributed by atoms with Crippen molar-refractivity contribution in [2.75, 3.05) is 18.5 Å². The summed E-state index contributed by atoms with van der Waals surface area (Å²) in [6.07, 6.45) is 3.85. The molecule has 1 nitrogen and oxygen atoms in total. The zero-order valence-corrected chi connectivity index (χ0v) is 13.1. The third-order valence-electron chi connectivity index (χ3n) is 2.70. The van der Waals surface area contributed by atoms with Crippen molar-refractivity contribution >= 4 is 37.5 Å². The molecule has 0 amide bonds. The van der Waals surface area contributed by atoms with E-state index in [1.807, 2.05) is 0 Å². The van der Waals surface area contributed by atoms with Crippen molar-refractivity contribution in [2.45, 2.75) is 31.5 Å². The van der Waals surface area contributed by atoms with Gasteiger partial charge in [0.1, 0.15) is 0 Å². The van der Waals surface area contributed by atoms with E-state index in [-0.39, 0.29) is 0 Å². The van der Waals surface area contributed by atoms with E-state index in [2.05, 4.69) is 68.9 Å². The summed E-state index contributed by atoms with van der Waals surface area (Å²) >= 11 is 7.07. The van der Waals surface area contributed by atoms with Crippen molar-refractivity contribution in [1.29, 1.82) is 0 Å². The average Bonchev–Trinajstić information content (AvgIpc) is 2.29. The van der Waals surface area contributed by atoms with Gasteiger partial charge in [0.2, 0.25) is 0 Å². The normalized spacial score (nSPS) is 10.5. The average molecular weight is 349 g/mol. The topological polar surface area (TPSA) is 3.24 Å². The van der Waals surface area contributed by atoms with Crippen LogP contribution in [0.1, 0.15) is 31.7 Å². The van der Waals surface area contributed by atoms with E-state index >= 15 is 0 Å². The first-order valence-electron chi connectivity index (χ1n) is 5.74. The van der Waals surface area contributed by atoms with Crippen molar-refractivity contribution in [3.63, 3.8) is 0 Å². The quantitative estimate of drug-likeness (QED) is 0.518. The van der Waals surface area contributed by atoms with Gasteiger partial charge in [0.25, 0.3) is 0 Å².